The number of carbonyl (C=O) groups excluding carboxylic acids is 1. The van der Waals surface area contributed by atoms with Gasteiger partial charge in [0, 0.05) is 10.9 Å². The Bertz CT molecular complexity index is 911. The van der Waals surface area contributed by atoms with Gasteiger partial charge in [0.05, 0.1) is 7.11 Å². The third-order valence-corrected chi connectivity index (χ3v) is 3.25. The van der Waals surface area contributed by atoms with E-state index in [1.165, 1.54) is 0 Å². The SMILES string of the molecule is COc1ccc(-c2nn(CC(N)=O)c(=O)o2)c2ccccc12. The number of fused-ring (bicyclic) bond motifs is 1. The van der Waals surface area contributed by atoms with Crippen LogP contribution in [0.2, 0.25) is 0 Å². The van der Waals surface area contributed by atoms with Gasteiger partial charge in [0.1, 0.15) is 12.3 Å². The second kappa shape index (κ2) is 5.36. The molecule has 1 aromatic heterocycles. The molecule has 3 aromatic rings. The summed E-state index contributed by atoms with van der Waals surface area (Å²) in [5, 5.41) is 5.72. The van der Waals surface area contributed by atoms with E-state index in [0.29, 0.717) is 11.3 Å². The third kappa shape index (κ3) is 2.32. The van der Waals surface area contributed by atoms with E-state index in [-0.39, 0.29) is 12.4 Å². The van der Waals surface area contributed by atoms with Crippen LogP contribution < -0.4 is 16.2 Å². The minimum atomic E-state index is -0.728. The maximum absolute atomic E-state index is 11.7. The number of nitrogens with zero attached hydrogens (tertiary/aromatic N) is 2. The van der Waals surface area contributed by atoms with Crippen molar-refractivity contribution in [2.45, 2.75) is 6.54 Å². The highest BCUT2D eigenvalue weighted by Crippen LogP contribution is 2.33. The average molecular weight is 299 g/mol. The molecule has 0 bridgehead atoms. The summed E-state index contributed by atoms with van der Waals surface area (Å²) in [7, 11) is 1.59. The molecule has 0 aliphatic carbocycles. The van der Waals surface area contributed by atoms with Crippen LogP contribution in [0.15, 0.2) is 45.6 Å². The van der Waals surface area contributed by atoms with Gasteiger partial charge in [-0.25, -0.2) is 4.79 Å². The van der Waals surface area contributed by atoms with E-state index in [1.54, 1.807) is 19.2 Å². The highest BCUT2D eigenvalue weighted by molar-refractivity contribution is 5.98. The number of ether oxygens (including phenoxy) is 1. The van der Waals surface area contributed by atoms with Crippen LogP contribution in [0.4, 0.5) is 0 Å². The second-order valence-corrected chi connectivity index (χ2v) is 4.66. The number of methoxy groups -OCH3 is 1. The molecule has 3 rings (SSSR count). The van der Waals surface area contributed by atoms with E-state index in [1.807, 2.05) is 24.3 Å². The van der Waals surface area contributed by atoms with E-state index < -0.39 is 11.7 Å². The number of nitrogens with two attached hydrogens (primary N) is 1. The van der Waals surface area contributed by atoms with Crippen LogP contribution >= 0.6 is 0 Å². The summed E-state index contributed by atoms with van der Waals surface area (Å²) in [6.07, 6.45) is 0. The van der Waals surface area contributed by atoms with Gasteiger partial charge < -0.3 is 14.9 Å². The molecule has 0 saturated carbocycles. The Kier molecular flexibility index (Phi) is 3.38. The first-order valence-corrected chi connectivity index (χ1v) is 6.52. The molecule has 0 atom stereocenters. The highest BCUT2D eigenvalue weighted by Gasteiger charge is 2.15. The predicted molar refractivity (Wildman–Crippen MR) is 79.5 cm³/mol. The lowest BCUT2D eigenvalue weighted by molar-refractivity contribution is -0.118. The molecule has 0 saturated heterocycles. The van der Waals surface area contributed by atoms with Crippen LogP contribution in [-0.4, -0.2) is 22.8 Å². The number of primary amides is 1. The number of carbonyl (C=O) groups is 1. The molecule has 7 heteroatoms. The van der Waals surface area contributed by atoms with Crippen molar-refractivity contribution < 1.29 is 13.9 Å². The Balaban J connectivity index is 2.19. The average Bonchev–Trinajstić information content (AvgIpc) is 2.86. The number of aromatic nitrogens is 2. The topological polar surface area (TPSA) is 100 Å². The van der Waals surface area contributed by atoms with Crippen molar-refractivity contribution in [3.63, 3.8) is 0 Å². The number of hydrogen-bond acceptors (Lipinski definition) is 5. The molecule has 1 amide bonds. The molecule has 22 heavy (non-hydrogen) atoms. The van der Waals surface area contributed by atoms with Crippen molar-refractivity contribution in [2.75, 3.05) is 7.11 Å². The summed E-state index contributed by atoms with van der Waals surface area (Å²) in [5.41, 5.74) is 5.71. The van der Waals surface area contributed by atoms with E-state index in [0.717, 1.165) is 15.5 Å². The van der Waals surface area contributed by atoms with Crippen LogP contribution in [0, 0.1) is 0 Å². The fraction of sp³-hybridized carbons (Fsp3) is 0.133. The molecule has 2 aromatic carbocycles. The first-order valence-electron chi connectivity index (χ1n) is 6.52. The van der Waals surface area contributed by atoms with Crippen molar-refractivity contribution >= 4 is 16.7 Å². The van der Waals surface area contributed by atoms with E-state index in [2.05, 4.69) is 5.10 Å². The fourth-order valence-corrected chi connectivity index (χ4v) is 2.30. The molecule has 7 nitrogen and oxygen atoms in total. The van der Waals surface area contributed by atoms with Gasteiger partial charge in [0.25, 0.3) is 0 Å². The Morgan fingerprint density at radius 3 is 2.68 bits per heavy atom. The molecule has 1 heterocycles. The van der Waals surface area contributed by atoms with Gasteiger partial charge >= 0.3 is 5.76 Å². The minimum absolute atomic E-state index is 0.130. The van der Waals surface area contributed by atoms with Crippen LogP contribution in [0.1, 0.15) is 0 Å². The zero-order valence-electron chi connectivity index (χ0n) is 11.8. The largest absolute Gasteiger partial charge is 0.496 e. The van der Waals surface area contributed by atoms with Gasteiger partial charge in [-0.15, -0.1) is 5.10 Å². The summed E-state index contributed by atoms with van der Waals surface area (Å²) in [6, 6.07) is 11.0. The number of amides is 1. The summed E-state index contributed by atoms with van der Waals surface area (Å²) >= 11 is 0. The summed E-state index contributed by atoms with van der Waals surface area (Å²) in [5.74, 6) is -0.557. The quantitative estimate of drug-likeness (QED) is 0.779. The minimum Gasteiger partial charge on any atom is -0.496 e. The van der Waals surface area contributed by atoms with Gasteiger partial charge in [-0.3, -0.25) is 4.79 Å². The Labute approximate surface area is 124 Å². The van der Waals surface area contributed by atoms with Crippen molar-refractivity contribution in [3.05, 3.63) is 46.9 Å². The molecule has 112 valence electrons. The number of rotatable bonds is 4. The molecule has 0 radical (unpaired) electrons. The first kappa shape index (κ1) is 13.9. The fourth-order valence-electron chi connectivity index (χ4n) is 2.30. The van der Waals surface area contributed by atoms with Gasteiger partial charge in [0.2, 0.25) is 11.8 Å². The van der Waals surface area contributed by atoms with E-state index >= 15 is 0 Å². The third-order valence-electron chi connectivity index (χ3n) is 3.25. The van der Waals surface area contributed by atoms with Crippen LogP contribution in [0.3, 0.4) is 0 Å². The van der Waals surface area contributed by atoms with Crippen LogP contribution in [-0.2, 0) is 11.3 Å². The molecular formula is C15H13N3O4. The summed E-state index contributed by atoms with van der Waals surface area (Å²) < 4.78 is 11.4. The Morgan fingerprint density at radius 2 is 2.00 bits per heavy atom. The Morgan fingerprint density at radius 1 is 1.27 bits per heavy atom. The number of hydrogen-bond donors (Lipinski definition) is 1. The molecule has 0 aliphatic rings. The molecule has 0 spiro atoms. The second-order valence-electron chi connectivity index (χ2n) is 4.66. The maximum Gasteiger partial charge on any atom is 0.437 e. The standard InChI is InChI=1S/C15H13N3O4/c1-21-12-7-6-11(9-4-2-3-5-10(9)12)14-17-18(8-13(16)19)15(20)22-14/h2-7H,8H2,1H3,(H2,16,19). The highest BCUT2D eigenvalue weighted by atomic mass is 16.5. The van der Waals surface area contributed by atoms with Crippen molar-refractivity contribution in [1.82, 2.24) is 9.78 Å². The zero-order chi connectivity index (χ0) is 15.7. The predicted octanol–water partition coefficient (Wildman–Crippen LogP) is 1.15. The lowest BCUT2D eigenvalue weighted by Gasteiger charge is -2.07. The summed E-state index contributed by atoms with van der Waals surface area (Å²) in [4.78, 5) is 22.6. The monoisotopic (exact) mass is 299 g/mol. The van der Waals surface area contributed by atoms with E-state index in [4.69, 9.17) is 14.9 Å². The molecule has 2 N–H and O–H groups in total. The lowest BCUT2D eigenvalue weighted by Crippen LogP contribution is -2.26. The van der Waals surface area contributed by atoms with Crippen molar-refractivity contribution in [1.29, 1.82) is 0 Å². The van der Waals surface area contributed by atoms with Gasteiger partial charge in [-0.05, 0) is 17.5 Å². The molecule has 0 fully saturated rings. The molecular weight excluding hydrogens is 286 g/mol. The zero-order valence-corrected chi connectivity index (χ0v) is 11.8. The lowest BCUT2D eigenvalue weighted by atomic mass is 10.0. The normalized spacial score (nSPS) is 10.8. The molecule has 0 unspecified atom stereocenters. The smallest absolute Gasteiger partial charge is 0.437 e. The van der Waals surface area contributed by atoms with Crippen molar-refractivity contribution in [2.24, 2.45) is 5.73 Å². The Hall–Kier alpha value is -3.09. The van der Waals surface area contributed by atoms with Gasteiger partial charge in [0.15, 0.2) is 0 Å². The van der Waals surface area contributed by atoms with Crippen LogP contribution in [0.5, 0.6) is 5.75 Å². The molecule has 0 aliphatic heterocycles. The maximum atomic E-state index is 11.7. The first-order chi connectivity index (χ1) is 10.6. The van der Waals surface area contributed by atoms with Gasteiger partial charge in [-0.2, -0.15) is 4.68 Å². The van der Waals surface area contributed by atoms with Crippen LogP contribution in [0.25, 0.3) is 22.2 Å². The number of benzene rings is 2. The van der Waals surface area contributed by atoms with Crippen molar-refractivity contribution in [3.8, 4) is 17.2 Å². The van der Waals surface area contributed by atoms with E-state index in [9.17, 15) is 9.59 Å². The summed E-state index contributed by atoms with van der Waals surface area (Å²) in [6.45, 7) is -0.323. The van der Waals surface area contributed by atoms with Gasteiger partial charge in [-0.1, -0.05) is 24.3 Å².